The molecule has 2 aromatic heterocycles. The van der Waals surface area contributed by atoms with Crippen molar-refractivity contribution in [3.63, 3.8) is 0 Å². The minimum absolute atomic E-state index is 0. The number of aromatic carboxylic acids is 4. The number of benzene rings is 2. The molecule has 0 unspecified atom stereocenters. The van der Waals surface area contributed by atoms with Gasteiger partial charge in [-0.2, -0.15) is 0 Å². The molecule has 0 aliphatic rings. The number of carboxylic acids is 4. The van der Waals surface area contributed by atoms with Gasteiger partial charge in [-0.15, -0.1) is 0 Å². The predicted octanol–water partition coefficient (Wildman–Crippen LogP) is -2.97. The van der Waals surface area contributed by atoms with Gasteiger partial charge in [-0.25, -0.2) is 0 Å². The van der Waals surface area contributed by atoms with Crippen molar-refractivity contribution < 1.29 is 83.9 Å². The van der Waals surface area contributed by atoms with Gasteiger partial charge in [-0.05, 0) is 73.5 Å². The zero-order valence-corrected chi connectivity index (χ0v) is 31.6. The van der Waals surface area contributed by atoms with Crippen LogP contribution in [0.25, 0.3) is 0 Å². The summed E-state index contributed by atoms with van der Waals surface area (Å²) in [6.45, 7) is 5.00. The number of rotatable bonds is 8. The van der Waals surface area contributed by atoms with Crippen molar-refractivity contribution in [2.24, 2.45) is 0 Å². The van der Waals surface area contributed by atoms with Crippen LogP contribution in [0.3, 0.4) is 0 Å². The van der Waals surface area contributed by atoms with E-state index in [2.05, 4.69) is 102 Å². The van der Waals surface area contributed by atoms with E-state index < -0.39 is 35.3 Å². The fraction of sp³-hybridized carbons (Fsp3) is 0.182. The smallest absolute Gasteiger partial charge is 0.545 e. The number of quaternary nitrogens is 2. The Kier molecular flexibility index (Phi) is 31.9. The van der Waals surface area contributed by atoms with Crippen LogP contribution < -0.4 is 31.9 Å². The molecular weight excluding hydrogens is 852 g/mol. The molecule has 18 heteroatoms. The summed E-state index contributed by atoms with van der Waals surface area (Å²) in [6, 6.07) is 20.8. The predicted molar refractivity (Wildman–Crippen MR) is 181 cm³/mol. The van der Waals surface area contributed by atoms with E-state index in [1.165, 1.54) is 25.0 Å². The van der Waals surface area contributed by atoms with E-state index in [0.29, 0.717) is 0 Å². The molecule has 2 aromatic carbocycles. The summed E-state index contributed by atoms with van der Waals surface area (Å²) in [4.78, 5) is 57.0. The van der Waals surface area contributed by atoms with E-state index in [0.717, 1.165) is 71.5 Å². The first-order chi connectivity index (χ1) is 22.6. The molecule has 15 nitrogen and oxygen atoms in total. The molecule has 0 spiro atoms. The molecule has 1 radical (unpaired) electrons. The molecule has 0 atom stereocenters. The van der Waals surface area contributed by atoms with Gasteiger partial charge < -0.3 is 66.8 Å². The molecule has 0 saturated heterocycles. The fourth-order valence-corrected chi connectivity index (χ4v) is 3.58. The summed E-state index contributed by atoms with van der Waals surface area (Å²) in [6.07, 6.45) is 4.28. The van der Waals surface area contributed by atoms with E-state index in [4.69, 9.17) is 0 Å². The first-order valence-corrected chi connectivity index (χ1v) is 15.5. The molecule has 0 bridgehead atoms. The SMILES string of the molecule is CC(C)=O.O.O.O=C([O-])c1ccnc(C(=O)[O-])c1.O=C([O-])c1ccnc(C(=O)[O-])c1.[Cu+2].[NH3+]CCc1ccc(Br)cc1.[NH3+]CCc1ccc(Br)cc1. The Morgan fingerprint density at radius 2 is 0.843 bits per heavy atom. The zero-order chi connectivity index (χ0) is 36.6. The largest absolute Gasteiger partial charge is 2.00 e. The molecule has 4 rings (SSSR count). The molecule has 0 fully saturated rings. The van der Waals surface area contributed by atoms with Crippen LogP contribution in [0.5, 0.6) is 0 Å². The Bertz CT molecular complexity index is 1450. The maximum atomic E-state index is 10.2. The molecule has 4 aromatic rings. The number of ketones is 1. The third-order valence-corrected chi connectivity index (χ3v) is 6.22. The van der Waals surface area contributed by atoms with Crippen LogP contribution in [0.15, 0.2) is 94.1 Å². The number of aromatic nitrogens is 2. The molecule has 51 heavy (non-hydrogen) atoms. The first kappa shape index (κ1) is 53.4. The van der Waals surface area contributed by atoms with Gasteiger partial charge in [0, 0.05) is 45.3 Å². The van der Waals surface area contributed by atoms with Crippen LogP contribution >= 0.6 is 31.9 Å². The van der Waals surface area contributed by atoms with Crippen LogP contribution in [0.4, 0.5) is 0 Å². The quantitative estimate of drug-likeness (QED) is 0.168. The Labute approximate surface area is 321 Å². The molecule has 281 valence electrons. The monoisotopic (exact) mass is 887 g/mol. The van der Waals surface area contributed by atoms with Crippen molar-refractivity contribution in [2.75, 3.05) is 13.1 Å². The van der Waals surface area contributed by atoms with Crippen LogP contribution in [0.2, 0.25) is 0 Å². The maximum absolute atomic E-state index is 10.2. The van der Waals surface area contributed by atoms with Crippen LogP contribution in [0, 0.1) is 0 Å². The van der Waals surface area contributed by atoms with Crippen molar-refractivity contribution in [1.82, 2.24) is 9.97 Å². The number of hydrogen-bond acceptors (Lipinski definition) is 11. The summed E-state index contributed by atoms with van der Waals surface area (Å²) < 4.78 is 2.28. The number of Topliss-reactive ketones (excluding diaryl/α,β-unsaturated/α-hetero) is 1. The molecule has 10 N–H and O–H groups in total. The van der Waals surface area contributed by atoms with Crippen molar-refractivity contribution in [3.05, 3.63) is 128 Å². The third kappa shape index (κ3) is 26.1. The van der Waals surface area contributed by atoms with Gasteiger partial charge in [0.25, 0.3) is 0 Å². The average Bonchev–Trinajstić information content (AvgIpc) is 3.04. The topological polar surface area (TPSA) is 322 Å². The number of pyridine rings is 2. The van der Waals surface area contributed by atoms with Gasteiger partial charge in [-0.3, -0.25) is 9.97 Å². The molecule has 0 aliphatic carbocycles. The van der Waals surface area contributed by atoms with Crippen LogP contribution in [0.1, 0.15) is 66.7 Å². The first-order valence-electron chi connectivity index (χ1n) is 13.9. The Balaban J connectivity index is -0.000000274. The normalized spacial score (nSPS) is 8.75. The van der Waals surface area contributed by atoms with Gasteiger partial charge in [-0.1, -0.05) is 56.1 Å². The average molecular weight is 890 g/mol. The van der Waals surface area contributed by atoms with Crippen molar-refractivity contribution in [3.8, 4) is 0 Å². The molecule has 0 saturated carbocycles. The minimum Gasteiger partial charge on any atom is -0.545 e. The third-order valence-electron chi connectivity index (χ3n) is 5.17. The van der Waals surface area contributed by atoms with Crippen molar-refractivity contribution in [1.29, 1.82) is 0 Å². The Hall–Kier alpha value is -4.39. The molecule has 0 amide bonds. The van der Waals surface area contributed by atoms with Gasteiger partial charge in [0.15, 0.2) is 0 Å². The van der Waals surface area contributed by atoms with E-state index in [9.17, 15) is 44.4 Å². The summed E-state index contributed by atoms with van der Waals surface area (Å²) in [5, 5.41) is 40.8. The second kappa shape index (κ2) is 30.4. The number of halogens is 2. The fourth-order valence-electron chi connectivity index (χ4n) is 3.05. The Morgan fingerprint density at radius 1 is 0.569 bits per heavy atom. The summed E-state index contributed by atoms with van der Waals surface area (Å²) >= 11 is 6.76. The van der Waals surface area contributed by atoms with Gasteiger partial charge in [0.2, 0.25) is 0 Å². The Morgan fingerprint density at radius 3 is 1.06 bits per heavy atom. The number of nitrogens with zero attached hydrogens (tertiary/aromatic N) is 2. The number of carbonyl (C=O) groups is 5. The van der Waals surface area contributed by atoms with Crippen molar-refractivity contribution >= 4 is 61.5 Å². The molecular formula is C33H38Br2CuN4O11. The second-order valence-electron chi connectivity index (χ2n) is 9.38. The van der Waals surface area contributed by atoms with E-state index in [1.54, 1.807) is 0 Å². The molecule has 2 heterocycles. The summed E-state index contributed by atoms with van der Waals surface area (Å²) in [5.41, 5.74) is 9.00. The summed E-state index contributed by atoms with van der Waals surface area (Å²) in [7, 11) is 0. The van der Waals surface area contributed by atoms with Crippen molar-refractivity contribution in [2.45, 2.75) is 26.7 Å². The maximum Gasteiger partial charge on any atom is 2.00 e. The number of hydrogen-bond donors (Lipinski definition) is 2. The van der Waals surface area contributed by atoms with Crippen LogP contribution in [-0.2, 0) is 34.7 Å². The number of carboxylic acid groups (broad SMARTS) is 4. The standard InChI is InChI=1S/2C8H10BrN.2C7H5NO4.C3H6O.Cu.2H2O/c2*9-8-3-1-7(2-4-8)5-6-10;2*9-6(10)4-1-2-8-5(3-4)7(11)12;1-3(2)4;;;/h2*1-4H,5-6,10H2;2*1-3H,(H,9,10)(H,11,12);1-2H3;;2*1H2/q;;;;;+2;;/p-2. The number of carbonyl (C=O) groups excluding carboxylic acids is 5. The second-order valence-corrected chi connectivity index (χ2v) is 11.2. The summed E-state index contributed by atoms with van der Waals surface area (Å²) in [5.74, 6) is -5.75. The molecule has 0 aliphatic heterocycles. The van der Waals surface area contributed by atoms with E-state index in [1.807, 2.05) is 0 Å². The van der Waals surface area contributed by atoms with Crippen LogP contribution in [-0.4, -0.2) is 63.7 Å². The van der Waals surface area contributed by atoms with Gasteiger partial charge >= 0.3 is 17.1 Å². The minimum atomic E-state index is -1.52. The zero-order valence-electron chi connectivity index (χ0n) is 27.5. The van der Waals surface area contributed by atoms with E-state index in [-0.39, 0.29) is 44.9 Å². The van der Waals surface area contributed by atoms with Gasteiger partial charge in [0.1, 0.15) is 5.78 Å². The van der Waals surface area contributed by atoms with Gasteiger partial charge in [0.05, 0.1) is 48.4 Å². The van der Waals surface area contributed by atoms with E-state index >= 15 is 0 Å².